The second-order valence-electron chi connectivity index (χ2n) is 8.15. The van der Waals surface area contributed by atoms with E-state index in [1.54, 1.807) is 0 Å². The molecule has 150 valence electrons. The molecule has 3 heterocycles. The van der Waals surface area contributed by atoms with Crippen LogP contribution in [0.3, 0.4) is 0 Å². The summed E-state index contributed by atoms with van der Waals surface area (Å²) < 4.78 is 2.11. The first kappa shape index (κ1) is 18.9. The van der Waals surface area contributed by atoms with Gasteiger partial charge < -0.3 is 15.2 Å². The highest BCUT2D eigenvalue weighted by Gasteiger charge is 2.26. The summed E-state index contributed by atoms with van der Waals surface area (Å²) in [6, 6.07) is 8.85. The Kier molecular flexibility index (Phi) is 5.62. The summed E-state index contributed by atoms with van der Waals surface area (Å²) >= 11 is 0. The van der Waals surface area contributed by atoms with Crippen LogP contribution >= 0.6 is 0 Å². The predicted molar refractivity (Wildman–Crippen MR) is 108 cm³/mol. The van der Waals surface area contributed by atoms with Crippen molar-refractivity contribution >= 4 is 6.03 Å². The lowest BCUT2D eigenvalue weighted by molar-refractivity contribution is 0.137. The molecule has 2 aliphatic rings. The van der Waals surface area contributed by atoms with Gasteiger partial charge in [0.15, 0.2) is 5.82 Å². The fraction of sp³-hybridized carbons (Fsp3) is 0.571. The Morgan fingerprint density at radius 1 is 1.11 bits per heavy atom. The Balaban J connectivity index is 1.29. The average molecular weight is 383 g/mol. The summed E-state index contributed by atoms with van der Waals surface area (Å²) in [6.45, 7) is 8.45. The topological polar surface area (TPSA) is 75.1 Å². The Labute approximate surface area is 166 Å². The molecule has 0 fully saturated rings. The van der Waals surface area contributed by atoms with Crippen LogP contribution in [0.1, 0.15) is 43.0 Å². The Hall–Kier alpha value is -2.41. The molecule has 2 aliphatic heterocycles. The number of urea groups is 1. The number of aryl methyl sites for hydroxylation is 1. The van der Waals surface area contributed by atoms with Gasteiger partial charge in [0.2, 0.25) is 0 Å². The van der Waals surface area contributed by atoms with E-state index in [1.807, 2.05) is 0 Å². The number of hydrogen-bond donors (Lipinski definition) is 2. The summed E-state index contributed by atoms with van der Waals surface area (Å²) in [6.07, 6.45) is 3.16. The molecule has 4 rings (SSSR count). The smallest absolute Gasteiger partial charge is 0.315 e. The maximum absolute atomic E-state index is 12.3. The van der Waals surface area contributed by atoms with Crippen molar-refractivity contribution in [2.45, 2.75) is 58.8 Å². The molecule has 2 aromatic rings. The first-order valence-electron chi connectivity index (χ1n) is 10.4. The first-order valence-corrected chi connectivity index (χ1v) is 10.4. The SMILES string of the molecule is CC(C)[C@@H](CNC(=O)NCc1nnc2n1CCC2)N1CCc2ccccc2C1. The first-order chi connectivity index (χ1) is 13.6. The van der Waals surface area contributed by atoms with Gasteiger partial charge in [-0.15, -0.1) is 10.2 Å². The van der Waals surface area contributed by atoms with Crippen molar-refractivity contribution in [3.63, 3.8) is 0 Å². The zero-order chi connectivity index (χ0) is 19.5. The number of nitrogens with zero attached hydrogens (tertiary/aromatic N) is 4. The van der Waals surface area contributed by atoms with Crippen molar-refractivity contribution in [3.05, 3.63) is 47.0 Å². The Bertz CT molecular complexity index is 830. The van der Waals surface area contributed by atoms with E-state index >= 15 is 0 Å². The highest BCUT2D eigenvalue weighted by Crippen LogP contribution is 2.22. The van der Waals surface area contributed by atoms with Crippen LogP contribution in [0.4, 0.5) is 4.79 Å². The summed E-state index contributed by atoms with van der Waals surface area (Å²) in [5, 5.41) is 14.4. The average Bonchev–Trinajstić information content (AvgIpc) is 3.30. The van der Waals surface area contributed by atoms with E-state index in [9.17, 15) is 4.79 Å². The highest BCUT2D eigenvalue weighted by molar-refractivity contribution is 5.73. The van der Waals surface area contributed by atoms with Gasteiger partial charge in [0.25, 0.3) is 0 Å². The maximum atomic E-state index is 12.3. The molecular formula is C21H30N6O. The molecule has 0 radical (unpaired) electrons. The van der Waals surface area contributed by atoms with E-state index in [4.69, 9.17) is 0 Å². The minimum atomic E-state index is -0.140. The molecule has 7 heteroatoms. The number of carbonyl (C=O) groups is 1. The van der Waals surface area contributed by atoms with Gasteiger partial charge in [-0.3, -0.25) is 4.90 Å². The molecule has 1 aromatic carbocycles. The van der Waals surface area contributed by atoms with Gasteiger partial charge in [-0.25, -0.2) is 4.79 Å². The zero-order valence-electron chi connectivity index (χ0n) is 16.8. The normalized spacial score (nSPS) is 17.2. The lowest BCUT2D eigenvalue weighted by Crippen LogP contribution is -2.50. The van der Waals surface area contributed by atoms with Gasteiger partial charge >= 0.3 is 6.03 Å². The van der Waals surface area contributed by atoms with Gasteiger partial charge in [-0.1, -0.05) is 38.1 Å². The number of benzene rings is 1. The standard InChI is InChI=1S/C21H30N6O/c1-15(2)18(26-11-9-16-6-3-4-7-17(16)14-26)12-22-21(28)23-13-20-25-24-19-8-5-10-27(19)20/h3-4,6-7,15,18H,5,8-14H2,1-2H3,(H2,22,23,28)/t18-/m1/s1. The van der Waals surface area contributed by atoms with Crippen molar-refractivity contribution in [1.29, 1.82) is 0 Å². The lowest BCUT2D eigenvalue weighted by Gasteiger charge is -2.38. The molecule has 0 spiro atoms. The van der Waals surface area contributed by atoms with Crippen LogP contribution in [0.15, 0.2) is 24.3 Å². The van der Waals surface area contributed by atoms with Crippen LogP contribution in [0.25, 0.3) is 0 Å². The molecule has 28 heavy (non-hydrogen) atoms. The number of hydrogen-bond acceptors (Lipinski definition) is 4. The number of amides is 2. The molecule has 0 aliphatic carbocycles. The third kappa shape index (κ3) is 4.04. The second kappa shape index (κ2) is 8.31. The number of nitrogens with one attached hydrogen (secondary N) is 2. The van der Waals surface area contributed by atoms with E-state index in [0.29, 0.717) is 25.0 Å². The minimum Gasteiger partial charge on any atom is -0.337 e. The Morgan fingerprint density at radius 2 is 1.93 bits per heavy atom. The summed E-state index contributed by atoms with van der Waals surface area (Å²) in [4.78, 5) is 14.8. The van der Waals surface area contributed by atoms with Gasteiger partial charge in [0.05, 0.1) is 6.54 Å². The zero-order valence-corrected chi connectivity index (χ0v) is 16.8. The van der Waals surface area contributed by atoms with E-state index < -0.39 is 0 Å². The molecular weight excluding hydrogens is 352 g/mol. The van der Waals surface area contributed by atoms with Crippen molar-refractivity contribution < 1.29 is 4.79 Å². The van der Waals surface area contributed by atoms with Crippen LogP contribution in [-0.4, -0.2) is 44.8 Å². The highest BCUT2D eigenvalue weighted by atomic mass is 16.2. The fourth-order valence-corrected chi connectivity index (χ4v) is 4.35. The van der Waals surface area contributed by atoms with Gasteiger partial charge in [0, 0.05) is 38.6 Å². The van der Waals surface area contributed by atoms with E-state index in [1.165, 1.54) is 11.1 Å². The molecule has 1 atom stereocenters. The molecule has 0 saturated heterocycles. The van der Waals surface area contributed by atoms with Gasteiger partial charge in [-0.05, 0) is 29.9 Å². The minimum absolute atomic E-state index is 0.140. The molecule has 2 amide bonds. The van der Waals surface area contributed by atoms with Crippen LogP contribution in [-0.2, 0) is 32.5 Å². The maximum Gasteiger partial charge on any atom is 0.315 e. The van der Waals surface area contributed by atoms with Crippen molar-refractivity contribution in [3.8, 4) is 0 Å². The summed E-state index contributed by atoms with van der Waals surface area (Å²) in [7, 11) is 0. The predicted octanol–water partition coefficient (Wildman–Crippen LogP) is 2.11. The van der Waals surface area contributed by atoms with E-state index in [-0.39, 0.29) is 6.03 Å². The summed E-state index contributed by atoms with van der Waals surface area (Å²) in [5.41, 5.74) is 2.86. The molecule has 0 unspecified atom stereocenters. The second-order valence-corrected chi connectivity index (χ2v) is 8.15. The van der Waals surface area contributed by atoms with Gasteiger partial charge in [-0.2, -0.15) is 0 Å². The lowest BCUT2D eigenvalue weighted by atomic mass is 9.95. The number of fused-ring (bicyclic) bond motifs is 2. The van der Waals surface area contributed by atoms with E-state index in [2.05, 4.69) is 68.4 Å². The third-order valence-electron chi connectivity index (χ3n) is 5.96. The number of aromatic nitrogens is 3. The van der Waals surface area contributed by atoms with Crippen molar-refractivity contribution in [1.82, 2.24) is 30.3 Å². The number of carbonyl (C=O) groups excluding carboxylic acids is 1. The monoisotopic (exact) mass is 382 g/mol. The van der Waals surface area contributed by atoms with Crippen LogP contribution < -0.4 is 10.6 Å². The van der Waals surface area contributed by atoms with E-state index in [0.717, 1.165) is 50.5 Å². The Morgan fingerprint density at radius 3 is 2.75 bits per heavy atom. The molecule has 2 N–H and O–H groups in total. The van der Waals surface area contributed by atoms with Crippen LogP contribution in [0.2, 0.25) is 0 Å². The van der Waals surface area contributed by atoms with Crippen LogP contribution in [0, 0.1) is 5.92 Å². The molecule has 0 bridgehead atoms. The number of rotatable bonds is 6. The molecule has 0 saturated carbocycles. The van der Waals surface area contributed by atoms with Crippen molar-refractivity contribution in [2.24, 2.45) is 5.92 Å². The fourth-order valence-electron chi connectivity index (χ4n) is 4.35. The quantitative estimate of drug-likeness (QED) is 0.802. The largest absolute Gasteiger partial charge is 0.337 e. The summed E-state index contributed by atoms with van der Waals surface area (Å²) in [5.74, 6) is 2.34. The molecule has 7 nitrogen and oxygen atoms in total. The third-order valence-corrected chi connectivity index (χ3v) is 5.96. The van der Waals surface area contributed by atoms with Crippen LogP contribution in [0.5, 0.6) is 0 Å². The molecule has 1 aromatic heterocycles. The van der Waals surface area contributed by atoms with Gasteiger partial charge in [0.1, 0.15) is 5.82 Å². The van der Waals surface area contributed by atoms with Crippen molar-refractivity contribution in [2.75, 3.05) is 13.1 Å².